The van der Waals surface area contributed by atoms with E-state index in [2.05, 4.69) is 5.32 Å². The third kappa shape index (κ3) is 7.70. The topological polar surface area (TPSA) is 271 Å². The molecule has 4 aliphatic rings. The van der Waals surface area contributed by atoms with Crippen molar-refractivity contribution in [2.75, 3.05) is 13.2 Å². The first-order chi connectivity index (χ1) is 27.6. The maximum absolute atomic E-state index is 15.5. The predicted octanol–water partition coefficient (Wildman–Crippen LogP) is 1.20. The van der Waals surface area contributed by atoms with Crippen LogP contribution in [-0.4, -0.2) is 140 Å². The highest BCUT2D eigenvalue weighted by molar-refractivity contribution is 5.95. The van der Waals surface area contributed by atoms with Gasteiger partial charge in [0.25, 0.3) is 0 Å². The number of ketones is 1. The average molecular weight is 848 g/mol. The van der Waals surface area contributed by atoms with Gasteiger partial charge in [-0.2, -0.15) is 0 Å². The Morgan fingerprint density at radius 1 is 0.950 bits per heavy atom. The molecule has 12 atom stereocenters. The molecule has 0 spiro atoms. The van der Waals surface area contributed by atoms with Crippen molar-refractivity contribution in [2.24, 2.45) is 16.7 Å². The van der Waals surface area contributed by atoms with Crippen LogP contribution in [0.2, 0.25) is 0 Å². The zero-order valence-electron chi connectivity index (χ0n) is 35.5. The second-order valence-corrected chi connectivity index (χ2v) is 18.2. The van der Waals surface area contributed by atoms with E-state index in [-0.39, 0.29) is 29.7 Å². The maximum Gasteiger partial charge on any atom is 0.408 e. The molecule has 3 aliphatic carbocycles. The van der Waals surface area contributed by atoms with Crippen molar-refractivity contribution in [3.63, 3.8) is 0 Å². The Morgan fingerprint density at radius 3 is 2.08 bits per heavy atom. The van der Waals surface area contributed by atoms with Gasteiger partial charge < -0.3 is 59.3 Å². The number of fused-ring (bicyclic) bond motifs is 5. The van der Waals surface area contributed by atoms with Crippen molar-refractivity contribution in [1.29, 1.82) is 0 Å². The van der Waals surface area contributed by atoms with Crippen LogP contribution in [-0.2, 0) is 47.6 Å². The number of benzene rings is 1. The Kier molecular flexibility index (Phi) is 12.5. The molecule has 0 aromatic heterocycles. The van der Waals surface area contributed by atoms with Gasteiger partial charge in [0.05, 0.1) is 42.3 Å². The van der Waals surface area contributed by atoms with Crippen LogP contribution < -0.4 is 5.32 Å². The summed E-state index contributed by atoms with van der Waals surface area (Å²) in [5.41, 5.74) is -10.8. The first-order valence-electron chi connectivity index (χ1n) is 19.7. The minimum absolute atomic E-state index is 0.0251. The lowest BCUT2D eigenvalue weighted by Crippen LogP contribution is -2.85. The summed E-state index contributed by atoms with van der Waals surface area (Å²) in [4.78, 5) is 82.3. The standard InChI is InChI=1S/C42H57NO17/c1-20-25(57-35(52)29(49)28(24(47)18-44)43-36(53)60-37(4,5)6)16-41(54)33(58-34(51)23-14-12-11-13-15-23)31-40(10,32(50)30(56-21(2)45)27(20)38(41,7)8)26(48)17-39(9)42(31,19-55-39)59-22(3)46/h11-15,24-26,28-31,33,44,47-49,54H,16-19H2,1-10H3,(H,43,53)/t24?,25-,26-,28-,29+,30+,31?,33-,39+,40+,41+,42+/m0/s1. The van der Waals surface area contributed by atoms with E-state index in [1.165, 1.54) is 39.8 Å². The normalized spacial score (nSPS) is 34.7. The first kappa shape index (κ1) is 46.6. The fourth-order valence-corrected chi connectivity index (χ4v) is 9.63. The van der Waals surface area contributed by atoms with Crippen molar-refractivity contribution in [2.45, 2.75) is 147 Å². The Labute approximate surface area is 347 Å². The summed E-state index contributed by atoms with van der Waals surface area (Å²) in [6.45, 7) is 12.7. The van der Waals surface area contributed by atoms with Gasteiger partial charge in [-0.05, 0) is 64.8 Å². The van der Waals surface area contributed by atoms with E-state index in [1.807, 2.05) is 0 Å². The van der Waals surface area contributed by atoms with E-state index in [0.29, 0.717) is 0 Å². The van der Waals surface area contributed by atoms with Crippen LogP contribution in [0.4, 0.5) is 4.79 Å². The number of nitrogens with one attached hydrogen (secondary N) is 1. The van der Waals surface area contributed by atoms with Gasteiger partial charge in [0, 0.05) is 32.1 Å². The third-order valence-corrected chi connectivity index (χ3v) is 12.9. The monoisotopic (exact) mass is 847 g/mol. The lowest BCUT2D eigenvalue weighted by atomic mass is 9.42. The van der Waals surface area contributed by atoms with E-state index in [0.717, 1.165) is 13.8 Å². The molecule has 5 rings (SSSR count). The highest BCUT2D eigenvalue weighted by Crippen LogP contribution is 2.67. The molecule has 1 amide bonds. The van der Waals surface area contributed by atoms with E-state index in [4.69, 9.17) is 28.4 Å². The second-order valence-electron chi connectivity index (χ2n) is 18.2. The number of esters is 4. The number of aliphatic hydroxyl groups is 5. The number of ether oxygens (including phenoxy) is 6. The number of Topliss-reactive ketones (excluding diaryl/α,β-unsaturated/α-hetero) is 1. The van der Waals surface area contributed by atoms with Gasteiger partial charge in [-0.15, -0.1) is 0 Å². The summed E-state index contributed by atoms with van der Waals surface area (Å²) >= 11 is 0. The molecular formula is C42H57NO17. The average Bonchev–Trinajstić information content (AvgIpc) is 3.14. The molecule has 18 heteroatoms. The predicted molar refractivity (Wildman–Crippen MR) is 205 cm³/mol. The molecule has 2 bridgehead atoms. The molecular weight excluding hydrogens is 790 g/mol. The molecule has 2 unspecified atom stereocenters. The van der Waals surface area contributed by atoms with E-state index in [1.54, 1.807) is 45.9 Å². The lowest BCUT2D eigenvalue weighted by Gasteiger charge is -2.70. The lowest BCUT2D eigenvalue weighted by molar-refractivity contribution is -0.383. The van der Waals surface area contributed by atoms with Crippen LogP contribution in [0.25, 0.3) is 0 Å². The molecule has 1 aromatic rings. The molecule has 1 aromatic carbocycles. The molecule has 1 saturated heterocycles. The van der Waals surface area contributed by atoms with E-state index < -0.39 is 131 Å². The van der Waals surface area contributed by atoms with Gasteiger partial charge >= 0.3 is 30.0 Å². The number of alkyl carbamates (subject to hydrolysis) is 1. The summed E-state index contributed by atoms with van der Waals surface area (Å²) in [5.74, 6) is -6.78. The minimum atomic E-state index is -2.48. The maximum atomic E-state index is 15.5. The van der Waals surface area contributed by atoms with Gasteiger partial charge in [0.15, 0.2) is 23.6 Å². The molecule has 18 nitrogen and oxygen atoms in total. The van der Waals surface area contributed by atoms with Crippen molar-refractivity contribution in [1.82, 2.24) is 5.32 Å². The van der Waals surface area contributed by atoms with Crippen LogP contribution in [0.1, 0.15) is 92.4 Å². The van der Waals surface area contributed by atoms with Crippen molar-refractivity contribution in [3.8, 4) is 0 Å². The zero-order chi connectivity index (χ0) is 45.1. The molecule has 332 valence electrons. The summed E-state index contributed by atoms with van der Waals surface area (Å²) in [7, 11) is 0. The Bertz CT molecular complexity index is 1920. The molecule has 3 fully saturated rings. The van der Waals surface area contributed by atoms with Crippen LogP contribution in [0.15, 0.2) is 41.5 Å². The summed E-state index contributed by atoms with van der Waals surface area (Å²) in [6, 6.07) is 5.78. The van der Waals surface area contributed by atoms with Crippen molar-refractivity contribution in [3.05, 3.63) is 47.0 Å². The van der Waals surface area contributed by atoms with Crippen LogP contribution in [0.5, 0.6) is 0 Å². The van der Waals surface area contributed by atoms with Crippen molar-refractivity contribution >= 4 is 35.8 Å². The molecule has 6 N–H and O–H groups in total. The molecule has 1 aliphatic heterocycles. The molecule has 2 saturated carbocycles. The van der Waals surface area contributed by atoms with Gasteiger partial charge in [0.1, 0.15) is 35.1 Å². The van der Waals surface area contributed by atoms with Gasteiger partial charge in [-0.1, -0.05) is 32.0 Å². The molecule has 0 radical (unpaired) electrons. The second kappa shape index (κ2) is 16.1. The Balaban J connectivity index is 1.75. The van der Waals surface area contributed by atoms with E-state index in [9.17, 15) is 49.5 Å². The zero-order valence-corrected chi connectivity index (χ0v) is 35.5. The number of hydrogen-bond acceptors (Lipinski definition) is 17. The van der Waals surface area contributed by atoms with Crippen LogP contribution in [0, 0.1) is 16.7 Å². The Hall–Kier alpha value is -4.46. The van der Waals surface area contributed by atoms with E-state index >= 15 is 4.79 Å². The number of hydrogen-bond donors (Lipinski definition) is 6. The highest BCUT2D eigenvalue weighted by atomic mass is 16.6. The summed E-state index contributed by atoms with van der Waals surface area (Å²) < 4.78 is 35.3. The van der Waals surface area contributed by atoms with Crippen molar-refractivity contribution < 1.29 is 82.7 Å². The number of carbonyl (C=O) groups is 6. The number of aliphatic hydroxyl groups excluding tert-OH is 4. The quantitative estimate of drug-likeness (QED) is 0.110. The smallest absolute Gasteiger partial charge is 0.408 e. The number of rotatable bonds is 10. The van der Waals surface area contributed by atoms with Gasteiger partial charge in [0.2, 0.25) is 0 Å². The largest absolute Gasteiger partial charge is 0.456 e. The fraction of sp³-hybridized carbons (Fsp3) is 0.667. The minimum Gasteiger partial charge on any atom is -0.456 e. The molecule has 60 heavy (non-hydrogen) atoms. The van der Waals surface area contributed by atoms with Crippen LogP contribution >= 0.6 is 0 Å². The molecule has 1 heterocycles. The first-order valence-corrected chi connectivity index (χ1v) is 19.7. The third-order valence-electron chi connectivity index (χ3n) is 12.9. The summed E-state index contributed by atoms with van der Waals surface area (Å²) in [6.07, 6.45) is -13.4. The van der Waals surface area contributed by atoms with Gasteiger partial charge in [-0.3, -0.25) is 14.4 Å². The fourth-order valence-electron chi connectivity index (χ4n) is 9.63. The number of carbonyl (C=O) groups excluding carboxylic acids is 6. The van der Waals surface area contributed by atoms with Crippen LogP contribution in [0.3, 0.4) is 0 Å². The summed E-state index contributed by atoms with van der Waals surface area (Å²) in [5, 5.41) is 59.5. The SMILES string of the molecule is CC(=O)O[C@H]1C(=O)[C@@]2(C)C([C@H](OC(=O)c3ccccc3)[C@]3(O)C[C@H](OC(=O)[C@H](O)[C@@H](NC(=O)OC(C)(C)C)C(O)CO)C(C)=C1C3(C)C)[C@]1(OC(C)=O)CO[C@]1(C)C[C@@H]2O. The number of amides is 1. The van der Waals surface area contributed by atoms with Gasteiger partial charge in [-0.25, -0.2) is 14.4 Å². The highest BCUT2D eigenvalue weighted by Gasteiger charge is 2.81. The Morgan fingerprint density at radius 2 is 1.57 bits per heavy atom.